The van der Waals surface area contributed by atoms with E-state index in [0.717, 1.165) is 50.0 Å². The summed E-state index contributed by atoms with van der Waals surface area (Å²) in [4.78, 5) is 42.7. The van der Waals surface area contributed by atoms with Gasteiger partial charge in [-0.25, -0.2) is 4.98 Å². The minimum absolute atomic E-state index is 0.0636. The fourth-order valence-corrected chi connectivity index (χ4v) is 7.54. The molecule has 2 saturated carbocycles. The van der Waals surface area contributed by atoms with E-state index in [4.69, 9.17) is 9.72 Å². The summed E-state index contributed by atoms with van der Waals surface area (Å²) >= 11 is 0. The van der Waals surface area contributed by atoms with Crippen molar-refractivity contribution < 1.29 is 14.3 Å². The highest BCUT2D eigenvalue weighted by molar-refractivity contribution is 6.01. The number of hydrogen-bond acceptors (Lipinski definition) is 8. The van der Waals surface area contributed by atoms with E-state index in [9.17, 15) is 9.59 Å². The van der Waals surface area contributed by atoms with Crippen LogP contribution in [-0.2, 0) is 4.79 Å². The van der Waals surface area contributed by atoms with Crippen LogP contribution in [0.25, 0.3) is 0 Å². The summed E-state index contributed by atoms with van der Waals surface area (Å²) in [7, 11) is 3.41. The van der Waals surface area contributed by atoms with Gasteiger partial charge in [0.15, 0.2) is 5.82 Å². The molecule has 3 fully saturated rings. The number of benzene rings is 1. The van der Waals surface area contributed by atoms with Gasteiger partial charge in [0.1, 0.15) is 11.4 Å². The number of nitrogens with one attached hydrogen (secondary N) is 2. The second-order valence-corrected chi connectivity index (χ2v) is 13.5. The highest BCUT2D eigenvalue weighted by Gasteiger charge is 2.41. The molecule has 232 valence electrons. The predicted octanol–water partition coefficient (Wildman–Crippen LogP) is 5.12. The van der Waals surface area contributed by atoms with Crippen LogP contribution in [0.4, 0.5) is 23.1 Å². The quantitative estimate of drug-likeness (QED) is 0.459. The van der Waals surface area contributed by atoms with Crippen LogP contribution in [0.3, 0.4) is 0 Å². The monoisotopic (exact) mass is 589 g/mol. The largest absolute Gasteiger partial charge is 0.495 e. The van der Waals surface area contributed by atoms with Gasteiger partial charge < -0.3 is 30.1 Å². The number of carbonyl (C=O) groups is 2. The van der Waals surface area contributed by atoms with Crippen LogP contribution in [0.1, 0.15) is 88.4 Å². The molecule has 2 aliphatic heterocycles. The van der Waals surface area contributed by atoms with E-state index in [0.29, 0.717) is 41.6 Å². The van der Waals surface area contributed by atoms with Crippen LogP contribution >= 0.6 is 0 Å². The average molecular weight is 590 g/mol. The number of hydrogen-bond donors (Lipinski definition) is 2. The zero-order valence-electron chi connectivity index (χ0n) is 26.2. The van der Waals surface area contributed by atoms with Crippen molar-refractivity contribution in [2.24, 2.45) is 5.41 Å². The Hall–Kier alpha value is -3.40. The van der Waals surface area contributed by atoms with E-state index < -0.39 is 5.41 Å². The van der Waals surface area contributed by atoms with Gasteiger partial charge >= 0.3 is 0 Å². The fraction of sp³-hybridized carbons (Fsp3) is 0.636. The Morgan fingerprint density at radius 1 is 1.00 bits per heavy atom. The SMILES string of the molecule is COc1cc(C(=O)N[C@H]2CC[C@H](N3CCCC3)CC2)ccc1Nc1ncc2c(n1)N(C1CCCC1)CC(C)(C)C(=O)N2C. The Balaban J connectivity index is 1.17. The molecule has 2 aliphatic carbocycles. The molecule has 0 spiro atoms. The van der Waals surface area contributed by atoms with Crippen LogP contribution in [0, 0.1) is 5.41 Å². The van der Waals surface area contributed by atoms with Crippen molar-refractivity contribution >= 4 is 35.0 Å². The van der Waals surface area contributed by atoms with Crippen LogP contribution in [-0.4, -0.2) is 78.6 Å². The molecule has 10 nitrogen and oxygen atoms in total. The lowest BCUT2D eigenvalue weighted by Crippen LogP contribution is -2.45. The Labute approximate surface area is 255 Å². The number of likely N-dealkylation sites (tertiary alicyclic amines) is 1. The first-order valence-electron chi connectivity index (χ1n) is 16.2. The molecule has 2 N–H and O–H groups in total. The first-order chi connectivity index (χ1) is 20.7. The molecule has 2 amide bonds. The molecule has 1 aromatic carbocycles. The van der Waals surface area contributed by atoms with Gasteiger partial charge in [-0.2, -0.15) is 4.98 Å². The van der Waals surface area contributed by atoms with Crippen molar-refractivity contribution in [1.29, 1.82) is 0 Å². The van der Waals surface area contributed by atoms with E-state index in [1.807, 2.05) is 33.0 Å². The van der Waals surface area contributed by atoms with E-state index >= 15 is 0 Å². The maximum Gasteiger partial charge on any atom is 0.251 e. The third-order valence-electron chi connectivity index (χ3n) is 10.00. The lowest BCUT2D eigenvalue weighted by molar-refractivity contribution is -0.125. The molecular formula is C33H47N7O3. The highest BCUT2D eigenvalue weighted by atomic mass is 16.5. The smallest absolute Gasteiger partial charge is 0.251 e. The Kier molecular flexibility index (Phi) is 8.49. The van der Waals surface area contributed by atoms with Gasteiger partial charge in [-0.3, -0.25) is 9.59 Å². The van der Waals surface area contributed by atoms with Crippen LogP contribution in [0.2, 0.25) is 0 Å². The third kappa shape index (κ3) is 6.16. The fourth-order valence-electron chi connectivity index (χ4n) is 7.54. The minimum atomic E-state index is -0.543. The lowest BCUT2D eigenvalue weighted by atomic mass is 9.90. The summed E-state index contributed by atoms with van der Waals surface area (Å²) in [5.74, 6) is 1.74. The normalized spacial score (nSPS) is 24.5. The zero-order chi connectivity index (χ0) is 30.1. The first kappa shape index (κ1) is 29.7. The Morgan fingerprint density at radius 2 is 1.72 bits per heavy atom. The zero-order valence-corrected chi connectivity index (χ0v) is 26.2. The molecule has 0 unspecified atom stereocenters. The number of amides is 2. The summed E-state index contributed by atoms with van der Waals surface area (Å²) in [6.07, 6.45) is 13.3. The second-order valence-electron chi connectivity index (χ2n) is 13.5. The van der Waals surface area contributed by atoms with Crippen LogP contribution in [0.5, 0.6) is 5.75 Å². The molecular weight excluding hydrogens is 542 g/mol. The summed E-state index contributed by atoms with van der Waals surface area (Å²) in [6.45, 7) is 7.08. The topological polar surface area (TPSA) is 103 Å². The number of ether oxygens (including phenoxy) is 1. The van der Waals surface area contributed by atoms with Gasteiger partial charge in [-0.05, 0) is 96.5 Å². The molecule has 0 atom stereocenters. The van der Waals surface area contributed by atoms with E-state index in [1.54, 1.807) is 24.3 Å². The molecule has 43 heavy (non-hydrogen) atoms. The van der Waals surface area contributed by atoms with Crippen molar-refractivity contribution in [1.82, 2.24) is 20.2 Å². The van der Waals surface area contributed by atoms with E-state index in [2.05, 4.69) is 25.4 Å². The number of carbonyl (C=O) groups excluding carboxylic acids is 2. The minimum Gasteiger partial charge on any atom is -0.495 e. The summed E-state index contributed by atoms with van der Waals surface area (Å²) in [6, 6.07) is 6.67. The molecule has 4 aliphatic rings. The van der Waals surface area contributed by atoms with Crippen molar-refractivity contribution in [2.45, 2.75) is 96.2 Å². The van der Waals surface area contributed by atoms with Gasteiger partial charge in [0.25, 0.3) is 5.91 Å². The third-order valence-corrected chi connectivity index (χ3v) is 10.00. The number of methoxy groups -OCH3 is 1. The molecule has 0 radical (unpaired) electrons. The number of nitrogens with zero attached hydrogens (tertiary/aromatic N) is 5. The molecule has 3 heterocycles. The summed E-state index contributed by atoms with van der Waals surface area (Å²) in [5, 5.41) is 6.57. The van der Waals surface area contributed by atoms with Crippen LogP contribution in [0.15, 0.2) is 24.4 Å². The van der Waals surface area contributed by atoms with Crippen molar-refractivity contribution in [2.75, 3.05) is 48.9 Å². The van der Waals surface area contributed by atoms with Crippen molar-refractivity contribution in [3.05, 3.63) is 30.0 Å². The molecule has 1 saturated heterocycles. The molecule has 10 heteroatoms. The number of rotatable bonds is 7. The van der Waals surface area contributed by atoms with Gasteiger partial charge in [0.2, 0.25) is 11.9 Å². The predicted molar refractivity (Wildman–Crippen MR) is 169 cm³/mol. The molecule has 2 aromatic rings. The van der Waals surface area contributed by atoms with Crippen molar-refractivity contribution in [3.63, 3.8) is 0 Å². The number of anilines is 4. The van der Waals surface area contributed by atoms with E-state index in [-0.39, 0.29) is 17.9 Å². The Morgan fingerprint density at radius 3 is 2.42 bits per heavy atom. The van der Waals surface area contributed by atoms with Gasteiger partial charge in [0, 0.05) is 37.3 Å². The maximum absolute atomic E-state index is 13.3. The molecule has 0 bridgehead atoms. The van der Waals surface area contributed by atoms with E-state index in [1.165, 1.54) is 38.8 Å². The van der Waals surface area contributed by atoms with Gasteiger partial charge in [-0.15, -0.1) is 0 Å². The lowest BCUT2D eigenvalue weighted by Gasteiger charge is -2.34. The number of aromatic nitrogens is 2. The van der Waals surface area contributed by atoms with Crippen LogP contribution < -0.4 is 25.2 Å². The van der Waals surface area contributed by atoms with Gasteiger partial charge in [-0.1, -0.05) is 12.8 Å². The van der Waals surface area contributed by atoms with Crippen molar-refractivity contribution in [3.8, 4) is 5.75 Å². The summed E-state index contributed by atoms with van der Waals surface area (Å²) < 4.78 is 5.70. The molecule has 1 aromatic heterocycles. The Bertz CT molecular complexity index is 1330. The average Bonchev–Trinajstić information content (AvgIpc) is 3.74. The highest BCUT2D eigenvalue weighted by Crippen LogP contribution is 2.40. The summed E-state index contributed by atoms with van der Waals surface area (Å²) in [5.41, 5.74) is 1.43. The first-order valence-corrected chi connectivity index (χ1v) is 16.2. The molecule has 6 rings (SSSR count). The maximum atomic E-state index is 13.3. The standard InChI is InChI=1S/C33H47N7O3/c1-33(2)21-40(25-9-5-6-10-25)29-27(38(3)31(33)42)20-34-32(37-29)36-26-16-11-22(19-28(26)43-4)30(41)35-23-12-14-24(15-13-23)39-17-7-8-18-39/h11,16,19-20,23-25H,5-10,12-15,17-18,21H2,1-4H3,(H,35,41)(H,34,36,37)/t23-,24-. The second kappa shape index (κ2) is 12.3. The van der Waals surface area contributed by atoms with Gasteiger partial charge in [0.05, 0.1) is 24.4 Å². The number of fused-ring (bicyclic) bond motifs is 1.